The lowest BCUT2D eigenvalue weighted by Crippen LogP contribution is -2.15. The van der Waals surface area contributed by atoms with Gasteiger partial charge in [0.2, 0.25) is 0 Å². The van der Waals surface area contributed by atoms with Crippen LogP contribution in [-0.4, -0.2) is 14.3 Å². The number of benzene rings is 3. The maximum Gasteiger partial charge on any atom is 0.261 e. The second-order valence-electron chi connectivity index (χ2n) is 5.94. The van der Waals surface area contributed by atoms with Crippen molar-refractivity contribution in [3.8, 4) is 11.5 Å². The fourth-order valence-electron chi connectivity index (χ4n) is 2.69. The molecule has 6 nitrogen and oxygen atoms in total. The van der Waals surface area contributed by atoms with E-state index in [9.17, 15) is 22.0 Å². The van der Waals surface area contributed by atoms with Crippen molar-refractivity contribution in [2.24, 2.45) is 0 Å². The van der Waals surface area contributed by atoms with Crippen LogP contribution in [0.4, 0.5) is 20.2 Å². The van der Waals surface area contributed by atoms with Crippen LogP contribution in [0.25, 0.3) is 0 Å². The number of hydrogen-bond donors (Lipinski definition) is 2. The monoisotopic (exact) mass is 402 g/mol. The van der Waals surface area contributed by atoms with E-state index in [0.717, 1.165) is 12.1 Å². The van der Waals surface area contributed by atoms with Gasteiger partial charge in [-0.3, -0.25) is 9.52 Å². The van der Waals surface area contributed by atoms with Crippen LogP contribution >= 0.6 is 0 Å². The Morgan fingerprint density at radius 2 is 1.68 bits per heavy atom. The molecule has 0 bridgehead atoms. The Balaban J connectivity index is 1.67. The Morgan fingerprint density at radius 3 is 2.46 bits per heavy atom. The van der Waals surface area contributed by atoms with E-state index in [2.05, 4.69) is 10.0 Å². The largest absolute Gasteiger partial charge is 0.454 e. The molecule has 142 valence electrons. The summed E-state index contributed by atoms with van der Waals surface area (Å²) >= 11 is 0. The van der Waals surface area contributed by atoms with Crippen LogP contribution in [-0.2, 0) is 10.0 Å². The van der Waals surface area contributed by atoms with Gasteiger partial charge in [-0.15, -0.1) is 0 Å². The second kappa shape index (κ2) is 6.61. The molecule has 0 saturated heterocycles. The first-order chi connectivity index (χ1) is 13.3. The third-order valence-corrected chi connectivity index (χ3v) is 5.41. The summed E-state index contributed by atoms with van der Waals surface area (Å²) in [5.41, 5.74) is 0.655. The lowest BCUT2D eigenvalue weighted by atomic mass is 10.1. The van der Waals surface area contributed by atoms with E-state index >= 15 is 0 Å². The van der Waals surface area contributed by atoms with Gasteiger partial charge in [-0.05, 0) is 48.5 Å². The number of halogens is 2. The van der Waals surface area contributed by atoms with Gasteiger partial charge in [0.1, 0.15) is 5.75 Å². The standard InChI is InChI=1S/C19H12F2N2O4S/c20-14-7-6-12(10-15(14)21)28(25,26)23-11-5-8-17-13(9-11)19(24)22-16-3-1-2-4-18(16)27-17/h1-10,23H,(H,22,24). The zero-order chi connectivity index (χ0) is 19.9. The summed E-state index contributed by atoms with van der Waals surface area (Å²) in [7, 11) is -4.19. The van der Waals surface area contributed by atoms with E-state index in [4.69, 9.17) is 4.74 Å². The van der Waals surface area contributed by atoms with Gasteiger partial charge in [-0.1, -0.05) is 12.1 Å². The normalized spacial score (nSPS) is 12.9. The minimum atomic E-state index is -4.19. The summed E-state index contributed by atoms with van der Waals surface area (Å²) in [5.74, 6) is -2.22. The maximum atomic E-state index is 13.4. The van der Waals surface area contributed by atoms with E-state index in [1.807, 2.05) is 0 Å². The first kappa shape index (κ1) is 17.9. The first-order valence-corrected chi connectivity index (χ1v) is 9.52. The van der Waals surface area contributed by atoms with Crippen molar-refractivity contribution in [2.75, 3.05) is 10.0 Å². The molecule has 4 rings (SSSR count). The lowest BCUT2D eigenvalue weighted by Gasteiger charge is -2.11. The predicted octanol–water partition coefficient (Wildman–Crippen LogP) is 4.12. The molecule has 1 amide bonds. The zero-order valence-electron chi connectivity index (χ0n) is 14.1. The molecule has 2 N–H and O–H groups in total. The number of nitrogens with one attached hydrogen (secondary N) is 2. The molecule has 9 heteroatoms. The SMILES string of the molecule is O=C1Nc2ccccc2Oc2ccc(NS(=O)(=O)c3ccc(F)c(F)c3)cc21. The molecule has 0 atom stereocenters. The van der Waals surface area contributed by atoms with Gasteiger partial charge in [-0.25, -0.2) is 17.2 Å². The number of sulfonamides is 1. The quantitative estimate of drug-likeness (QED) is 0.690. The van der Waals surface area contributed by atoms with Crippen molar-refractivity contribution in [3.05, 3.63) is 77.9 Å². The molecule has 0 aliphatic carbocycles. The molecule has 28 heavy (non-hydrogen) atoms. The summed E-state index contributed by atoms with van der Waals surface area (Å²) in [6.45, 7) is 0. The number of amides is 1. The summed E-state index contributed by atoms with van der Waals surface area (Å²) in [5, 5.41) is 2.68. The average Bonchev–Trinajstić information content (AvgIpc) is 2.79. The van der Waals surface area contributed by atoms with Crippen LogP contribution in [0.1, 0.15) is 10.4 Å². The Morgan fingerprint density at radius 1 is 0.893 bits per heavy atom. The van der Waals surface area contributed by atoms with Crippen LogP contribution in [0.5, 0.6) is 11.5 Å². The second-order valence-corrected chi connectivity index (χ2v) is 7.63. The number of hydrogen-bond acceptors (Lipinski definition) is 4. The molecule has 0 aromatic heterocycles. The topological polar surface area (TPSA) is 84.5 Å². The number of ether oxygens (including phenoxy) is 1. The van der Waals surface area contributed by atoms with Crippen LogP contribution < -0.4 is 14.8 Å². The highest BCUT2D eigenvalue weighted by Crippen LogP contribution is 2.36. The number of rotatable bonds is 3. The van der Waals surface area contributed by atoms with Gasteiger partial charge >= 0.3 is 0 Å². The highest BCUT2D eigenvalue weighted by atomic mass is 32.2. The van der Waals surface area contributed by atoms with Gasteiger partial charge in [-0.2, -0.15) is 0 Å². The molecule has 0 fully saturated rings. The van der Waals surface area contributed by atoms with Crippen LogP contribution in [0.3, 0.4) is 0 Å². The van der Waals surface area contributed by atoms with Crippen molar-refractivity contribution < 1.29 is 26.7 Å². The molecular weight excluding hydrogens is 390 g/mol. The van der Waals surface area contributed by atoms with Gasteiger partial charge in [0.15, 0.2) is 17.4 Å². The van der Waals surface area contributed by atoms with Crippen molar-refractivity contribution in [1.29, 1.82) is 0 Å². The third kappa shape index (κ3) is 3.27. The van der Waals surface area contributed by atoms with E-state index in [0.29, 0.717) is 17.5 Å². The van der Waals surface area contributed by atoms with Crippen molar-refractivity contribution in [3.63, 3.8) is 0 Å². The summed E-state index contributed by atoms with van der Waals surface area (Å²) in [6.07, 6.45) is 0. The van der Waals surface area contributed by atoms with Crippen LogP contribution in [0, 0.1) is 11.6 Å². The highest BCUT2D eigenvalue weighted by molar-refractivity contribution is 7.92. The Labute approximate surface area is 158 Å². The molecule has 0 unspecified atom stereocenters. The summed E-state index contributed by atoms with van der Waals surface area (Å²) in [4.78, 5) is 12.0. The number of fused-ring (bicyclic) bond motifs is 2. The van der Waals surface area contributed by atoms with Crippen molar-refractivity contribution >= 4 is 27.3 Å². The fraction of sp³-hybridized carbons (Fsp3) is 0. The molecular formula is C19H12F2N2O4S. The van der Waals surface area contributed by atoms with Crippen molar-refractivity contribution in [1.82, 2.24) is 0 Å². The minimum Gasteiger partial charge on any atom is -0.454 e. The minimum absolute atomic E-state index is 0.0631. The average molecular weight is 402 g/mol. The van der Waals surface area contributed by atoms with Gasteiger partial charge in [0, 0.05) is 5.69 Å². The molecule has 3 aromatic rings. The smallest absolute Gasteiger partial charge is 0.261 e. The van der Waals surface area contributed by atoms with E-state index < -0.39 is 32.5 Å². The zero-order valence-corrected chi connectivity index (χ0v) is 14.9. The molecule has 1 heterocycles. The highest BCUT2D eigenvalue weighted by Gasteiger charge is 2.23. The van der Waals surface area contributed by atoms with Gasteiger partial charge in [0.25, 0.3) is 15.9 Å². The fourth-order valence-corrected chi connectivity index (χ4v) is 3.75. The van der Waals surface area contributed by atoms with E-state index in [1.54, 1.807) is 24.3 Å². The molecule has 0 spiro atoms. The molecule has 1 aliphatic rings. The Bertz CT molecular complexity index is 1210. The third-order valence-electron chi connectivity index (χ3n) is 4.03. The van der Waals surface area contributed by atoms with Crippen molar-refractivity contribution in [2.45, 2.75) is 4.90 Å². The molecule has 0 radical (unpaired) electrons. The molecule has 0 saturated carbocycles. The van der Waals surface area contributed by atoms with Gasteiger partial charge < -0.3 is 10.1 Å². The van der Waals surface area contributed by atoms with E-state index in [1.165, 1.54) is 18.2 Å². The summed E-state index contributed by atoms with van der Waals surface area (Å²) < 4.78 is 59.2. The number of carbonyl (C=O) groups is 1. The molecule has 1 aliphatic heterocycles. The first-order valence-electron chi connectivity index (χ1n) is 8.04. The summed E-state index contributed by atoms with van der Waals surface area (Å²) in [6, 6.07) is 13.2. The number of para-hydroxylation sites is 2. The van der Waals surface area contributed by atoms with E-state index in [-0.39, 0.29) is 17.0 Å². The van der Waals surface area contributed by atoms with Crippen LogP contribution in [0.2, 0.25) is 0 Å². The number of anilines is 2. The maximum absolute atomic E-state index is 13.4. The Hall–Kier alpha value is -3.46. The van der Waals surface area contributed by atoms with Crippen LogP contribution in [0.15, 0.2) is 65.6 Å². The van der Waals surface area contributed by atoms with Gasteiger partial charge in [0.05, 0.1) is 16.1 Å². The predicted molar refractivity (Wildman–Crippen MR) is 98.1 cm³/mol. The number of carbonyl (C=O) groups excluding carboxylic acids is 1. The Kier molecular flexibility index (Phi) is 4.23. The lowest BCUT2D eigenvalue weighted by molar-refractivity contribution is 0.102. The molecule has 3 aromatic carbocycles.